The summed E-state index contributed by atoms with van der Waals surface area (Å²) in [5.74, 6) is -0.324. The Kier molecular flexibility index (Phi) is 10.5. The van der Waals surface area contributed by atoms with Crippen molar-refractivity contribution in [2.45, 2.75) is 203 Å². The first-order valence-corrected chi connectivity index (χ1v) is 21.5. The summed E-state index contributed by atoms with van der Waals surface area (Å²) in [6, 6.07) is 0. The Balaban J connectivity index is 1.15. The Morgan fingerprint density at radius 3 is 1.77 bits per heavy atom. The molecule has 3 aliphatic heterocycles. The predicted octanol–water partition coefficient (Wildman–Crippen LogP) is 0.0850. The van der Waals surface area contributed by atoms with Crippen LogP contribution in [0.3, 0.4) is 0 Å². The molecule has 8 rings (SSSR count). The van der Waals surface area contributed by atoms with E-state index in [0.29, 0.717) is 25.7 Å². The molecule has 15 nitrogen and oxygen atoms in total. The molecule has 3 heterocycles. The van der Waals surface area contributed by atoms with Gasteiger partial charge in [-0.05, 0) is 117 Å². The second kappa shape index (κ2) is 14.0. The zero-order chi connectivity index (χ0) is 41.6. The molecule has 8 aliphatic rings. The van der Waals surface area contributed by atoms with Gasteiger partial charge in [-0.1, -0.05) is 27.7 Å². The van der Waals surface area contributed by atoms with Crippen molar-refractivity contribution in [3.8, 4) is 0 Å². The molecule has 0 radical (unpaired) electrons. The Bertz CT molecular complexity index is 1510. The van der Waals surface area contributed by atoms with Crippen molar-refractivity contribution in [1.29, 1.82) is 0 Å². The minimum Gasteiger partial charge on any atom is -0.394 e. The highest BCUT2D eigenvalue weighted by Gasteiger charge is 2.85. The van der Waals surface area contributed by atoms with Gasteiger partial charge in [0.1, 0.15) is 48.8 Å². The highest BCUT2D eigenvalue weighted by atomic mass is 16.7. The summed E-state index contributed by atoms with van der Waals surface area (Å²) in [5.41, 5.74) is -3.40. The second-order valence-electron chi connectivity index (χ2n) is 21.5. The van der Waals surface area contributed by atoms with E-state index in [0.717, 1.165) is 32.1 Å². The van der Waals surface area contributed by atoms with E-state index in [9.17, 15) is 51.1 Å². The van der Waals surface area contributed by atoms with Crippen LogP contribution in [0.1, 0.15) is 106 Å². The third-order valence-electron chi connectivity index (χ3n) is 18.0. The number of fused-ring (bicyclic) bond motifs is 2. The van der Waals surface area contributed by atoms with Gasteiger partial charge in [-0.15, -0.1) is 0 Å². The molecule has 57 heavy (non-hydrogen) atoms. The van der Waals surface area contributed by atoms with Gasteiger partial charge in [0.2, 0.25) is 0 Å². The van der Waals surface area contributed by atoms with Crippen LogP contribution < -0.4 is 0 Å². The molecule has 328 valence electrons. The van der Waals surface area contributed by atoms with Gasteiger partial charge in [-0.25, -0.2) is 0 Å². The Morgan fingerprint density at radius 1 is 0.649 bits per heavy atom. The summed E-state index contributed by atoms with van der Waals surface area (Å²) < 4.78 is 32.0. The highest BCUT2D eigenvalue weighted by molar-refractivity contribution is 5.33. The quantitative estimate of drug-likeness (QED) is 0.146. The Labute approximate surface area is 335 Å². The number of ether oxygens (including phenoxy) is 5. The van der Waals surface area contributed by atoms with Crippen molar-refractivity contribution in [2.75, 3.05) is 13.2 Å². The van der Waals surface area contributed by atoms with Gasteiger partial charge in [-0.3, -0.25) is 0 Å². The van der Waals surface area contributed by atoms with Crippen molar-refractivity contribution < 1.29 is 74.7 Å². The fraction of sp³-hybridized carbons (Fsp3) is 1.00. The lowest BCUT2D eigenvalue weighted by Gasteiger charge is -2.65. The molecule has 1 unspecified atom stereocenters. The van der Waals surface area contributed by atoms with E-state index in [4.69, 9.17) is 23.7 Å². The average molecular weight is 815 g/mol. The average Bonchev–Trinajstić information content (AvgIpc) is 3.50. The molecule has 0 aromatic carbocycles. The fourth-order valence-electron chi connectivity index (χ4n) is 15.2. The first-order chi connectivity index (χ1) is 26.5. The van der Waals surface area contributed by atoms with Crippen molar-refractivity contribution in [2.24, 2.45) is 44.8 Å². The molecular formula is C42H70O15. The van der Waals surface area contributed by atoms with E-state index < -0.39 is 110 Å². The minimum atomic E-state index is -1.62. The lowest BCUT2D eigenvalue weighted by Crippen LogP contribution is -2.65. The molecule has 15 heteroatoms. The summed E-state index contributed by atoms with van der Waals surface area (Å²) in [7, 11) is 0. The van der Waals surface area contributed by atoms with Crippen LogP contribution in [0.2, 0.25) is 0 Å². The maximum atomic E-state index is 12.2. The molecule has 0 aromatic rings. The lowest BCUT2D eigenvalue weighted by molar-refractivity contribution is -0.345. The molecule has 8 fully saturated rings. The number of aliphatic hydroxyl groups excluding tert-OH is 9. The van der Waals surface area contributed by atoms with Crippen LogP contribution in [0, 0.1) is 44.8 Å². The summed E-state index contributed by atoms with van der Waals surface area (Å²) in [6.45, 7) is 13.3. The summed E-state index contributed by atoms with van der Waals surface area (Å²) >= 11 is 0. The summed E-state index contributed by atoms with van der Waals surface area (Å²) in [5, 5.41) is 108. The van der Waals surface area contributed by atoms with Crippen LogP contribution >= 0.6 is 0 Å². The van der Waals surface area contributed by atoms with E-state index >= 15 is 0 Å². The van der Waals surface area contributed by atoms with Crippen molar-refractivity contribution in [3.63, 3.8) is 0 Å². The highest BCUT2D eigenvalue weighted by Crippen LogP contribution is 2.89. The molecule has 5 saturated carbocycles. The van der Waals surface area contributed by atoms with Gasteiger partial charge in [0, 0.05) is 5.92 Å². The number of hydrogen-bond acceptors (Lipinski definition) is 15. The van der Waals surface area contributed by atoms with Crippen LogP contribution in [-0.4, -0.2) is 161 Å². The van der Waals surface area contributed by atoms with Crippen LogP contribution in [0.5, 0.6) is 0 Å². The number of aliphatic hydroxyl groups is 10. The first kappa shape index (κ1) is 43.1. The van der Waals surface area contributed by atoms with Gasteiger partial charge >= 0.3 is 0 Å². The smallest absolute Gasteiger partial charge is 0.186 e. The zero-order valence-electron chi connectivity index (χ0n) is 34.6. The lowest BCUT2D eigenvalue weighted by atomic mass is 9.41. The van der Waals surface area contributed by atoms with Crippen LogP contribution in [0.15, 0.2) is 0 Å². The van der Waals surface area contributed by atoms with E-state index in [2.05, 4.69) is 34.6 Å². The standard InChI is InChI=1S/C42H70O15/c1-36(2)24(56-35-31(51)29(49)27(47)22(17-44)55-35)9-11-42-18-41(42)13-12-38(5)32(40(7)10-8-25(57-40)37(3,4)52)19(45)15-39(38,6)23(41)14-20(33(36)42)53-34-30(50)28(48)26(46)21(16-43)54-34/h19-35,43-52H,8-18H2,1-7H3/t19-,20-,21+,22+,23-,24-,25?,26+,27+,28-,29-,30+,31+,32-,33-,34+,35-,38+,39-,40-,41-,42+/m0/s1. The number of rotatable bonds is 8. The van der Waals surface area contributed by atoms with Gasteiger partial charge in [0.05, 0.1) is 48.8 Å². The number of hydrogen-bond donors (Lipinski definition) is 10. The van der Waals surface area contributed by atoms with Gasteiger partial charge in [0.25, 0.3) is 0 Å². The Morgan fingerprint density at radius 2 is 1.23 bits per heavy atom. The monoisotopic (exact) mass is 814 g/mol. The largest absolute Gasteiger partial charge is 0.394 e. The van der Waals surface area contributed by atoms with Crippen molar-refractivity contribution in [1.82, 2.24) is 0 Å². The van der Waals surface area contributed by atoms with E-state index in [-0.39, 0.29) is 45.5 Å². The SMILES string of the molecule is CC(C)(O)C1CC[C@@](C)([C@H]2[C@@H](O)C[C@@]3(C)[C@@H]4C[C@H](O[C@@H]5O[C@H](CO)[C@@H](O)[C@H](O)[C@H]5O)[C@H]5C(C)(C)[C@@H](O[C@@H]6O[C@H](CO)[C@@H](O)[C@H](O)[C@H]6O)CC[C@@]56C[C@@]46CC[C@]23C)O1. The summed E-state index contributed by atoms with van der Waals surface area (Å²) in [6.07, 6.45) is -9.98. The third-order valence-corrected chi connectivity index (χ3v) is 18.0. The van der Waals surface area contributed by atoms with Gasteiger partial charge < -0.3 is 74.7 Å². The topological polar surface area (TPSA) is 248 Å². The molecule has 5 aliphatic carbocycles. The van der Waals surface area contributed by atoms with Crippen LogP contribution in [0.25, 0.3) is 0 Å². The van der Waals surface area contributed by atoms with Crippen LogP contribution in [0.4, 0.5) is 0 Å². The van der Waals surface area contributed by atoms with E-state index in [1.165, 1.54) is 0 Å². The van der Waals surface area contributed by atoms with Crippen LogP contribution in [-0.2, 0) is 23.7 Å². The molecule has 0 amide bonds. The molecule has 10 N–H and O–H groups in total. The third kappa shape index (κ3) is 5.99. The molecular weight excluding hydrogens is 744 g/mol. The van der Waals surface area contributed by atoms with Crippen molar-refractivity contribution >= 4 is 0 Å². The summed E-state index contributed by atoms with van der Waals surface area (Å²) in [4.78, 5) is 0. The van der Waals surface area contributed by atoms with E-state index in [1.807, 2.05) is 0 Å². The van der Waals surface area contributed by atoms with E-state index in [1.54, 1.807) is 13.8 Å². The normalized spacial score (nSPS) is 58.4. The Hall–Kier alpha value is -0.600. The fourth-order valence-corrected chi connectivity index (χ4v) is 15.2. The first-order valence-electron chi connectivity index (χ1n) is 21.5. The van der Waals surface area contributed by atoms with Gasteiger partial charge in [-0.2, -0.15) is 0 Å². The van der Waals surface area contributed by atoms with Crippen molar-refractivity contribution in [3.05, 3.63) is 0 Å². The molecule has 0 bridgehead atoms. The molecule has 0 aromatic heterocycles. The second-order valence-corrected chi connectivity index (χ2v) is 21.5. The maximum Gasteiger partial charge on any atom is 0.186 e. The maximum absolute atomic E-state index is 12.2. The minimum absolute atomic E-state index is 0.0725. The molecule has 2 spiro atoms. The van der Waals surface area contributed by atoms with Gasteiger partial charge in [0.15, 0.2) is 12.6 Å². The predicted molar refractivity (Wildman–Crippen MR) is 200 cm³/mol. The molecule has 3 saturated heterocycles. The molecule has 22 atom stereocenters. The zero-order valence-corrected chi connectivity index (χ0v) is 34.6.